The van der Waals surface area contributed by atoms with Crippen molar-refractivity contribution in [2.45, 2.75) is 19.8 Å². The Balaban J connectivity index is 2.08. The summed E-state index contributed by atoms with van der Waals surface area (Å²) >= 11 is 0. The average Bonchev–Trinajstić information content (AvgIpc) is 2.94. The fourth-order valence-corrected chi connectivity index (χ4v) is 1.22. The molecule has 4 heteroatoms. The Kier molecular flexibility index (Phi) is 2.11. The van der Waals surface area contributed by atoms with E-state index in [9.17, 15) is 4.79 Å². The molecule has 1 saturated carbocycles. The highest BCUT2D eigenvalue weighted by molar-refractivity contribution is 5.93. The van der Waals surface area contributed by atoms with E-state index in [4.69, 9.17) is 5.73 Å². The second-order valence-electron chi connectivity index (χ2n) is 3.63. The van der Waals surface area contributed by atoms with E-state index in [0.29, 0.717) is 11.5 Å². The van der Waals surface area contributed by atoms with Crippen molar-refractivity contribution in [3.05, 3.63) is 17.8 Å². The number of rotatable bonds is 2. The van der Waals surface area contributed by atoms with Gasteiger partial charge < -0.3 is 11.1 Å². The summed E-state index contributed by atoms with van der Waals surface area (Å²) in [6, 6.07) is 3.48. The molecule has 74 valence electrons. The maximum absolute atomic E-state index is 11.4. The first kappa shape index (κ1) is 8.99. The van der Waals surface area contributed by atoms with E-state index in [1.165, 1.54) is 0 Å². The van der Waals surface area contributed by atoms with Crippen molar-refractivity contribution < 1.29 is 4.79 Å². The van der Waals surface area contributed by atoms with Crippen LogP contribution >= 0.6 is 0 Å². The predicted molar refractivity (Wildman–Crippen MR) is 54.7 cm³/mol. The van der Waals surface area contributed by atoms with Gasteiger partial charge in [0, 0.05) is 5.92 Å². The number of carbonyl (C=O) groups excluding carboxylic acids is 1. The van der Waals surface area contributed by atoms with Crippen molar-refractivity contribution in [1.29, 1.82) is 0 Å². The standard InChI is InChI=1S/C10H13N3O/c1-6-8(11)4-5-9(12-6)13-10(14)7-2-3-7/h4-5,7H,2-3,11H2,1H3,(H,12,13,14). The molecule has 0 saturated heterocycles. The van der Waals surface area contributed by atoms with Gasteiger partial charge in [0.25, 0.3) is 0 Å². The molecule has 1 aromatic heterocycles. The number of nitrogens with two attached hydrogens (primary N) is 1. The van der Waals surface area contributed by atoms with E-state index in [1.54, 1.807) is 12.1 Å². The second kappa shape index (κ2) is 3.29. The van der Waals surface area contributed by atoms with Crippen molar-refractivity contribution in [2.75, 3.05) is 11.1 Å². The van der Waals surface area contributed by atoms with E-state index < -0.39 is 0 Å². The van der Waals surface area contributed by atoms with Crippen LogP contribution in [0.4, 0.5) is 11.5 Å². The van der Waals surface area contributed by atoms with E-state index >= 15 is 0 Å². The Morgan fingerprint density at radius 1 is 1.57 bits per heavy atom. The topological polar surface area (TPSA) is 68.0 Å². The monoisotopic (exact) mass is 191 g/mol. The van der Waals surface area contributed by atoms with Gasteiger partial charge in [0.1, 0.15) is 5.82 Å². The number of anilines is 2. The summed E-state index contributed by atoms with van der Waals surface area (Å²) in [4.78, 5) is 15.6. The summed E-state index contributed by atoms with van der Waals surface area (Å²) < 4.78 is 0. The molecule has 0 radical (unpaired) electrons. The van der Waals surface area contributed by atoms with Gasteiger partial charge in [0.15, 0.2) is 0 Å². The molecule has 1 aliphatic carbocycles. The number of pyridine rings is 1. The molecule has 14 heavy (non-hydrogen) atoms. The average molecular weight is 191 g/mol. The first-order valence-corrected chi connectivity index (χ1v) is 4.71. The third kappa shape index (κ3) is 1.84. The maximum Gasteiger partial charge on any atom is 0.228 e. The SMILES string of the molecule is Cc1nc(NC(=O)C2CC2)ccc1N. The lowest BCUT2D eigenvalue weighted by Gasteiger charge is -2.05. The van der Waals surface area contributed by atoms with Crippen LogP contribution in [0.1, 0.15) is 18.5 Å². The molecule has 1 heterocycles. The van der Waals surface area contributed by atoms with Gasteiger partial charge >= 0.3 is 0 Å². The van der Waals surface area contributed by atoms with E-state index in [-0.39, 0.29) is 11.8 Å². The maximum atomic E-state index is 11.4. The van der Waals surface area contributed by atoms with Crippen LogP contribution < -0.4 is 11.1 Å². The zero-order chi connectivity index (χ0) is 10.1. The number of carbonyl (C=O) groups is 1. The van der Waals surface area contributed by atoms with Crippen LogP contribution in [0.5, 0.6) is 0 Å². The molecule has 2 rings (SSSR count). The smallest absolute Gasteiger partial charge is 0.228 e. The zero-order valence-corrected chi connectivity index (χ0v) is 8.08. The molecule has 0 atom stereocenters. The number of nitrogen functional groups attached to an aromatic ring is 1. The number of amides is 1. The van der Waals surface area contributed by atoms with Gasteiger partial charge in [-0.25, -0.2) is 4.98 Å². The Morgan fingerprint density at radius 3 is 2.86 bits per heavy atom. The van der Waals surface area contributed by atoms with Gasteiger partial charge in [-0.05, 0) is 31.9 Å². The lowest BCUT2D eigenvalue weighted by Crippen LogP contribution is -2.14. The van der Waals surface area contributed by atoms with Gasteiger partial charge in [-0.15, -0.1) is 0 Å². The molecule has 1 fully saturated rings. The normalized spacial score (nSPS) is 15.2. The third-order valence-electron chi connectivity index (χ3n) is 2.33. The molecule has 0 spiro atoms. The van der Waals surface area contributed by atoms with Crippen molar-refractivity contribution in [3.8, 4) is 0 Å². The molecule has 0 bridgehead atoms. The molecular weight excluding hydrogens is 178 g/mol. The van der Waals surface area contributed by atoms with Gasteiger partial charge in [-0.1, -0.05) is 0 Å². The van der Waals surface area contributed by atoms with Gasteiger partial charge in [-0.2, -0.15) is 0 Å². The summed E-state index contributed by atoms with van der Waals surface area (Å²) in [5.74, 6) is 0.866. The zero-order valence-electron chi connectivity index (χ0n) is 8.08. The minimum absolute atomic E-state index is 0.0710. The van der Waals surface area contributed by atoms with Crippen LogP contribution in [-0.4, -0.2) is 10.9 Å². The summed E-state index contributed by atoms with van der Waals surface area (Å²) in [6.45, 7) is 1.82. The Hall–Kier alpha value is -1.58. The van der Waals surface area contributed by atoms with Crippen molar-refractivity contribution in [1.82, 2.24) is 4.98 Å². The van der Waals surface area contributed by atoms with E-state index in [2.05, 4.69) is 10.3 Å². The first-order chi connectivity index (χ1) is 6.66. The quantitative estimate of drug-likeness (QED) is 0.740. The molecule has 3 N–H and O–H groups in total. The molecule has 1 amide bonds. The lowest BCUT2D eigenvalue weighted by molar-refractivity contribution is -0.117. The molecule has 0 aromatic carbocycles. The molecular formula is C10H13N3O. The van der Waals surface area contributed by atoms with Crippen LogP contribution in [0.25, 0.3) is 0 Å². The minimum Gasteiger partial charge on any atom is -0.397 e. The highest BCUT2D eigenvalue weighted by Crippen LogP contribution is 2.30. The highest BCUT2D eigenvalue weighted by atomic mass is 16.2. The third-order valence-corrected chi connectivity index (χ3v) is 2.33. The van der Waals surface area contributed by atoms with Crippen molar-refractivity contribution >= 4 is 17.4 Å². The summed E-state index contributed by atoms with van der Waals surface area (Å²) in [6.07, 6.45) is 2.00. The largest absolute Gasteiger partial charge is 0.397 e. The Morgan fingerprint density at radius 2 is 2.29 bits per heavy atom. The number of nitrogens with one attached hydrogen (secondary N) is 1. The fourth-order valence-electron chi connectivity index (χ4n) is 1.22. The van der Waals surface area contributed by atoms with Crippen LogP contribution in [0.2, 0.25) is 0 Å². The number of aromatic nitrogens is 1. The lowest BCUT2D eigenvalue weighted by atomic mass is 10.3. The summed E-state index contributed by atoms with van der Waals surface area (Å²) in [5, 5.41) is 2.77. The van der Waals surface area contributed by atoms with Gasteiger partial charge in [-0.3, -0.25) is 4.79 Å². The highest BCUT2D eigenvalue weighted by Gasteiger charge is 2.29. The molecule has 1 aromatic rings. The van der Waals surface area contributed by atoms with Gasteiger partial charge in [0.05, 0.1) is 11.4 Å². The van der Waals surface area contributed by atoms with E-state index in [1.807, 2.05) is 6.92 Å². The molecule has 0 aliphatic heterocycles. The van der Waals surface area contributed by atoms with Crippen molar-refractivity contribution in [3.63, 3.8) is 0 Å². The first-order valence-electron chi connectivity index (χ1n) is 4.71. The van der Waals surface area contributed by atoms with Crippen LogP contribution in [-0.2, 0) is 4.79 Å². The molecule has 1 aliphatic rings. The Bertz CT molecular complexity index is 372. The predicted octanol–water partition coefficient (Wildman–Crippen LogP) is 1.32. The van der Waals surface area contributed by atoms with E-state index in [0.717, 1.165) is 18.5 Å². The number of nitrogens with zero attached hydrogens (tertiary/aromatic N) is 1. The molecule has 0 unspecified atom stereocenters. The van der Waals surface area contributed by atoms with Crippen LogP contribution in [0.3, 0.4) is 0 Å². The Labute approximate surface area is 82.5 Å². The van der Waals surface area contributed by atoms with Gasteiger partial charge in [0.2, 0.25) is 5.91 Å². The second-order valence-corrected chi connectivity index (χ2v) is 3.63. The fraction of sp³-hybridized carbons (Fsp3) is 0.400. The van der Waals surface area contributed by atoms with Crippen molar-refractivity contribution in [2.24, 2.45) is 5.92 Å². The molecule has 4 nitrogen and oxygen atoms in total. The van der Waals surface area contributed by atoms with Crippen LogP contribution in [0.15, 0.2) is 12.1 Å². The van der Waals surface area contributed by atoms with Crippen LogP contribution in [0, 0.1) is 12.8 Å². The number of aryl methyl sites for hydroxylation is 1. The minimum atomic E-state index is 0.0710. The summed E-state index contributed by atoms with van der Waals surface area (Å²) in [7, 11) is 0. The summed E-state index contributed by atoms with van der Waals surface area (Å²) in [5.41, 5.74) is 7.01. The number of hydrogen-bond acceptors (Lipinski definition) is 3. The number of hydrogen-bond donors (Lipinski definition) is 2.